The normalized spacial score (nSPS) is 14.5. The molecule has 0 spiro atoms. The van der Waals surface area contributed by atoms with Crippen molar-refractivity contribution in [1.29, 1.82) is 0 Å². The number of hydrogen-bond donors (Lipinski definition) is 1. The van der Waals surface area contributed by atoms with Crippen molar-refractivity contribution in [3.05, 3.63) is 99.7 Å². The Balaban J connectivity index is 1.40. The minimum Gasteiger partial charge on any atom is -0.489 e. The molecule has 8 heteroatoms. The zero-order valence-electron chi connectivity index (χ0n) is 19.2. The van der Waals surface area contributed by atoms with Gasteiger partial charge in [0.1, 0.15) is 24.7 Å². The van der Waals surface area contributed by atoms with E-state index in [-0.39, 0.29) is 23.9 Å². The van der Waals surface area contributed by atoms with Crippen molar-refractivity contribution in [2.24, 2.45) is 0 Å². The van der Waals surface area contributed by atoms with Crippen LogP contribution in [0.15, 0.2) is 71.6 Å². The second-order valence-corrected chi connectivity index (χ2v) is 9.12. The number of anilines is 1. The second kappa shape index (κ2) is 10.6. The third-order valence-corrected chi connectivity index (χ3v) is 6.21. The number of thioether (sulfide) groups is 1. The lowest BCUT2D eigenvalue weighted by molar-refractivity contribution is -0.127. The Labute approximate surface area is 206 Å². The number of benzene rings is 3. The minimum atomic E-state index is -0.520. The molecule has 3 aromatic rings. The Kier molecular flexibility index (Phi) is 7.31. The van der Waals surface area contributed by atoms with Crippen LogP contribution in [-0.2, 0) is 16.2 Å². The summed E-state index contributed by atoms with van der Waals surface area (Å²) in [6.07, 6.45) is 1.59. The minimum absolute atomic E-state index is 0.227. The van der Waals surface area contributed by atoms with E-state index in [9.17, 15) is 18.8 Å². The topological polar surface area (TPSA) is 75.7 Å². The third-order valence-electron chi connectivity index (χ3n) is 5.31. The highest BCUT2D eigenvalue weighted by Gasteiger charge is 2.36. The van der Waals surface area contributed by atoms with Gasteiger partial charge in [-0.05, 0) is 78.7 Å². The van der Waals surface area contributed by atoms with Crippen molar-refractivity contribution < 1.29 is 23.5 Å². The van der Waals surface area contributed by atoms with Gasteiger partial charge in [-0.15, -0.1) is 0 Å². The summed E-state index contributed by atoms with van der Waals surface area (Å²) in [5.41, 5.74) is 4.10. The number of ether oxygens (including phenoxy) is 1. The number of halogens is 1. The number of nitrogens with one attached hydrogen (secondary N) is 1. The van der Waals surface area contributed by atoms with Gasteiger partial charge >= 0.3 is 0 Å². The van der Waals surface area contributed by atoms with Crippen LogP contribution in [0.4, 0.5) is 14.9 Å². The summed E-state index contributed by atoms with van der Waals surface area (Å²) in [6.45, 7) is 3.73. The van der Waals surface area contributed by atoms with Crippen molar-refractivity contribution in [2.45, 2.75) is 20.5 Å². The second-order valence-electron chi connectivity index (χ2n) is 8.12. The standard InChI is InChI=1S/C27H23FN2O4S/c1-17-6-11-23(18(2)12-17)29-25(31)15-30-26(32)24(35-27(30)33)14-20-4-3-5-22(13-20)34-16-19-7-9-21(28)10-8-19/h3-14H,15-16H2,1-2H3,(H,29,31)/b24-14+. The number of hydrogen-bond acceptors (Lipinski definition) is 5. The average Bonchev–Trinajstić information content (AvgIpc) is 3.08. The van der Waals surface area contributed by atoms with Gasteiger partial charge in [-0.25, -0.2) is 4.39 Å². The molecule has 0 aliphatic carbocycles. The zero-order chi connectivity index (χ0) is 24.9. The van der Waals surface area contributed by atoms with Crippen molar-refractivity contribution in [3.63, 3.8) is 0 Å². The summed E-state index contributed by atoms with van der Waals surface area (Å²) in [4.78, 5) is 38.9. The Morgan fingerprint density at radius 2 is 1.83 bits per heavy atom. The van der Waals surface area contributed by atoms with E-state index in [1.807, 2.05) is 26.0 Å². The first-order valence-corrected chi connectivity index (χ1v) is 11.7. The van der Waals surface area contributed by atoms with Crippen LogP contribution in [0.1, 0.15) is 22.3 Å². The number of nitrogens with zero attached hydrogens (tertiary/aromatic N) is 1. The maximum atomic E-state index is 13.1. The molecule has 4 rings (SSSR count). The quantitative estimate of drug-likeness (QED) is 0.430. The number of carbonyl (C=O) groups excluding carboxylic acids is 3. The van der Waals surface area contributed by atoms with Crippen molar-refractivity contribution in [2.75, 3.05) is 11.9 Å². The van der Waals surface area contributed by atoms with E-state index in [1.165, 1.54) is 12.1 Å². The summed E-state index contributed by atoms with van der Waals surface area (Å²) in [5, 5.41) is 2.26. The van der Waals surface area contributed by atoms with Gasteiger partial charge in [-0.2, -0.15) is 0 Å². The molecule has 0 unspecified atom stereocenters. The van der Waals surface area contributed by atoms with Gasteiger partial charge in [0.25, 0.3) is 11.1 Å². The largest absolute Gasteiger partial charge is 0.489 e. The Bertz CT molecular complexity index is 1320. The number of carbonyl (C=O) groups is 3. The molecule has 3 amide bonds. The Hall–Kier alpha value is -3.91. The van der Waals surface area contributed by atoms with Crippen LogP contribution in [0, 0.1) is 19.7 Å². The van der Waals surface area contributed by atoms with Gasteiger partial charge in [0, 0.05) is 5.69 Å². The molecular weight excluding hydrogens is 467 g/mol. The molecule has 0 radical (unpaired) electrons. The average molecular weight is 491 g/mol. The van der Waals surface area contributed by atoms with E-state index in [1.54, 1.807) is 48.5 Å². The van der Waals surface area contributed by atoms with Crippen LogP contribution in [0.2, 0.25) is 0 Å². The molecule has 3 aromatic carbocycles. The van der Waals surface area contributed by atoms with Gasteiger partial charge in [0.15, 0.2) is 0 Å². The van der Waals surface area contributed by atoms with Gasteiger partial charge in [0.05, 0.1) is 4.91 Å². The van der Waals surface area contributed by atoms with Crippen LogP contribution in [-0.4, -0.2) is 28.5 Å². The van der Waals surface area contributed by atoms with Crippen LogP contribution < -0.4 is 10.1 Å². The zero-order valence-corrected chi connectivity index (χ0v) is 20.0. The van der Waals surface area contributed by atoms with Crippen LogP contribution in [0.5, 0.6) is 5.75 Å². The highest BCUT2D eigenvalue weighted by atomic mass is 32.2. The van der Waals surface area contributed by atoms with Gasteiger partial charge < -0.3 is 10.1 Å². The molecule has 0 bridgehead atoms. The van der Waals surface area contributed by atoms with E-state index in [2.05, 4.69) is 5.32 Å². The summed E-state index contributed by atoms with van der Waals surface area (Å²) in [5.74, 6) is -0.715. The molecule has 1 heterocycles. The fourth-order valence-corrected chi connectivity index (χ4v) is 4.35. The SMILES string of the molecule is Cc1ccc(NC(=O)CN2C(=O)S/C(=C/c3cccc(OCc4ccc(F)cc4)c3)C2=O)c(C)c1. The van der Waals surface area contributed by atoms with E-state index in [4.69, 9.17) is 4.74 Å². The van der Waals surface area contributed by atoms with Gasteiger partial charge in [-0.3, -0.25) is 19.3 Å². The molecule has 35 heavy (non-hydrogen) atoms. The molecule has 0 aromatic heterocycles. The maximum absolute atomic E-state index is 13.1. The highest BCUT2D eigenvalue weighted by molar-refractivity contribution is 8.18. The van der Waals surface area contributed by atoms with Gasteiger partial charge in [0.2, 0.25) is 5.91 Å². The lowest BCUT2D eigenvalue weighted by atomic mass is 10.1. The fourth-order valence-electron chi connectivity index (χ4n) is 3.52. The number of imide groups is 1. The highest BCUT2D eigenvalue weighted by Crippen LogP contribution is 2.32. The van der Waals surface area contributed by atoms with Crippen LogP contribution >= 0.6 is 11.8 Å². The molecule has 1 aliphatic rings. The number of aryl methyl sites for hydroxylation is 2. The number of amides is 3. The van der Waals surface area contributed by atoms with E-state index in [0.29, 0.717) is 17.0 Å². The van der Waals surface area contributed by atoms with Crippen molar-refractivity contribution >= 4 is 40.6 Å². The number of rotatable bonds is 7. The summed E-state index contributed by atoms with van der Waals surface area (Å²) in [7, 11) is 0. The molecule has 1 fully saturated rings. The lowest BCUT2D eigenvalue weighted by Gasteiger charge is -2.14. The summed E-state index contributed by atoms with van der Waals surface area (Å²) < 4.78 is 18.8. The molecule has 178 valence electrons. The maximum Gasteiger partial charge on any atom is 0.294 e. The predicted octanol–water partition coefficient (Wildman–Crippen LogP) is 5.70. The fraction of sp³-hybridized carbons (Fsp3) is 0.148. The van der Waals surface area contributed by atoms with Crippen molar-refractivity contribution in [3.8, 4) is 5.75 Å². The Morgan fingerprint density at radius 3 is 2.57 bits per heavy atom. The van der Waals surface area contributed by atoms with E-state index < -0.39 is 17.1 Å². The first-order chi connectivity index (χ1) is 16.8. The molecule has 1 N–H and O–H groups in total. The Morgan fingerprint density at radius 1 is 1.06 bits per heavy atom. The third kappa shape index (κ3) is 6.16. The summed E-state index contributed by atoms with van der Waals surface area (Å²) in [6, 6.07) is 18.7. The monoisotopic (exact) mass is 490 g/mol. The molecule has 1 aliphatic heterocycles. The predicted molar refractivity (Wildman–Crippen MR) is 134 cm³/mol. The van der Waals surface area contributed by atoms with E-state index >= 15 is 0 Å². The molecule has 0 saturated carbocycles. The first-order valence-electron chi connectivity index (χ1n) is 10.9. The molecule has 1 saturated heterocycles. The van der Waals surface area contributed by atoms with Crippen LogP contribution in [0.3, 0.4) is 0 Å². The summed E-state index contributed by atoms with van der Waals surface area (Å²) >= 11 is 0.790. The van der Waals surface area contributed by atoms with Crippen LogP contribution in [0.25, 0.3) is 6.08 Å². The smallest absolute Gasteiger partial charge is 0.294 e. The molecule has 6 nitrogen and oxygen atoms in total. The van der Waals surface area contributed by atoms with Gasteiger partial charge in [-0.1, -0.05) is 42.0 Å². The molecular formula is C27H23FN2O4S. The van der Waals surface area contributed by atoms with E-state index in [0.717, 1.165) is 33.4 Å². The van der Waals surface area contributed by atoms with Crippen molar-refractivity contribution in [1.82, 2.24) is 4.90 Å². The lowest BCUT2D eigenvalue weighted by Crippen LogP contribution is -2.36. The molecule has 0 atom stereocenters. The first kappa shape index (κ1) is 24.2.